The van der Waals surface area contributed by atoms with Gasteiger partial charge in [-0.05, 0) is 0 Å². The fourth-order valence-corrected chi connectivity index (χ4v) is 6.43. The van der Waals surface area contributed by atoms with Crippen LogP contribution in [0.3, 0.4) is 0 Å². The van der Waals surface area contributed by atoms with Crippen LogP contribution in [0.2, 0.25) is 0 Å². The number of hydrogen-bond donors (Lipinski definition) is 1. The summed E-state index contributed by atoms with van der Waals surface area (Å²) in [6, 6.07) is 8.18. The molecule has 0 fully saturated rings. The van der Waals surface area contributed by atoms with Crippen molar-refractivity contribution in [3.8, 4) is 11.9 Å². The van der Waals surface area contributed by atoms with E-state index in [2.05, 4.69) is 25.6 Å². The third kappa shape index (κ3) is 6.69. The van der Waals surface area contributed by atoms with Gasteiger partial charge in [0.1, 0.15) is 0 Å². The number of allylic oxidation sites excluding steroid dienone is 1. The molecule has 1 aliphatic rings. The van der Waals surface area contributed by atoms with E-state index < -0.39 is 0 Å². The van der Waals surface area contributed by atoms with Crippen molar-refractivity contribution in [3.05, 3.63) is 42.9 Å². The number of carbonyl (C=O) groups excluding carboxylic acids is 1. The van der Waals surface area contributed by atoms with Gasteiger partial charge in [-0.25, -0.2) is 0 Å². The second-order valence-electron chi connectivity index (χ2n) is 6.06. The molecule has 0 unspecified atom stereocenters. The quantitative estimate of drug-likeness (QED) is 0.237. The van der Waals surface area contributed by atoms with Crippen LogP contribution in [0.25, 0.3) is 4.91 Å². The molecule has 1 aliphatic heterocycles. The third-order valence-electron chi connectivity index (χ3n) is 4.12. The average Bonchev–Trinajstić information content (AvgIpc) is 2.68. The van der Waals surface area contributed by atoms with Gasteiger partial charge in [0, 0.05) is 0 Å². The minimum atomic E-state index is -0.0723. The number of thioether (sulfide) groups is 1. The van der Waals surface area contributed by atoms with Crippen molar-refractivity contribution < 1.29 is 30.7 Å². The van der Waals surface area contributed by atoms with Crippen molar-refractivity contribution in [2.24, 2.45) is 5.92 Å². The van der Waals surface area contributed by atoms with E-state index in [0.29, 0.717) is 18.7 Å². The van der Waals surface area contributed by atoms with Crippen LogP contribution in [0.5, 0.6) is 5.75 Å². The van der Waals surface area contributed by atoms with E-state index in [1.54, 1.807) is 7.11 Å². The maximum absolute atomic E-state index is 12.2. The molecule has 1 aromatic carbocycles. The Morgan fingerprint density at radius 3 is 3.04 bits per heavy atom. The van der Waals surface area contributed by atoms with Gasteiger partial charge in [0.2, 0.25) is 0 Å². The van der Waals surface area contributed by atoms with Gasteiger partial charge in [-0.3, -0.25) is 0 Å². The minimum absolute atomic E-state index is 0.0171. The topological polar surface area (TPSA) is 62.1 Å². The van der Waals surface area contributed by atoms with Crippen LogP contribution in [0.15, 0.2) is 37.3 Å². The second kappa shape index (κ2) is 11.3. The number of ketones is 1. The SMILES string of the molecule is COc1cccc(C2=C[I-]C=C(CCCC(=O)[C@H](C)CCNC#N)S2)c1. The van der Waals surface area contributed by atoms with Crippen molar-refractivity contribution in [2.75, 3.05) is 13.7 Å². The Labute approximate surface area is 170 Å². The molecule has 1 aromatic rings. The molecule has 4 nitrogen and oxygen atoms in total. The summed E-state index contributed by atoms with van der Waals surface area (Å²) in [6.07, 6.45) is 5.08. The predicted octanol–water partition coefficient (Wildman–Crippen LogP) is 1.51. The summed E-state index contributed by atoms with van der Waals surface area (Å²) in [5.74, 6) is 1.19. The van der Waals surface area contributed by atoms with Crippen LogP contribution in [0.1, 0.15) is 38.2 Å². The number of nitrogens with one attached hydrogen (secondary N) is 1. The van der Waals surface area contributed by atoms with Crippen molar-refractivity contribution in [2.45, 2.75) is 32.6 Å². The van der Waals surface area contributed by atoms with Gasteiger partial charge in [-0.2, -0.15) is 0 Å². The Morgan fingerprint density at radius 1 is 1.42 bits per heavy atom. The summed E-state index contributed by atoms with van der Waals surface area (Å²) in [7, 11) is 1.69. The summed E-state index contributed by atoms with van der Waals surface area (Å²) in [5.41, 5.74) is 1.20. The first-order chi connectivity index (χ1) is 12.6. The summed E-state index contributed by atoms with van der Waals surface area (Å²) in [6.45, 7) is 2.52. The molecule has 0 saturated carbocycles. The molecule has 0 aromatic heterocycles. The normalized spacial score (nSPS) is 15.0. The van der Waals surface area contributed by atoms with Crippen LogP contribution in [0, 0.1) is 17.4 Å². The van der Waals surface area contributed by atoms with Crippen LogP contribution < -0.4 is 31.3 Å². The van der Waals surface area contributed by atoms with E-state index in [1.807, 2.05) is 37.0 Å². The van der Waals surface area contributed by atoms with Gasteiger partial charge in [0.15, 0.2) is 0 Å². The molecule has 2 rings (SSSR count). The van der Waals surface area contributed by atoms with Gasteiger partial charge >= 0.3 is 171 Å². The molecule has 6 heteroatoms. The van der Waals surface area contributed by atoms with Crippen molar-refractivity contribution in [1.82, 2.24) is 5.32 Å². The average molecular weight is 483 g/mol. The Hall–Kier alpha value is -1.46. The number of methoxy groups -OCH3 is 1. The molecular formula is C20H24IN2O2S-. The molecule has 0 saturated heterocycles. The number of nitrogens with zero attached hydrogens (tertiary/aromatic N) is 1. The maximum atomic E-state index is 12.2. The Balaban J connectivity index is 1.78. The van der Waals surface area contributed by atoms with Crippen molar-refractivity contribution in [3.63, 3.8) is 0 Å². The first kappa shape index (κ1) is 20.8. The number of Topliss-reactive ketones (excluding diaryl/α,β-unsaturated/α-hetero) is 1. The number of nitriles is 1. The summed E-state index contributed by atoms with van der Waals surface area (Å²) in [5, 5.41) is 11.1. The molecule has 0 amide bonds. The van der Waals surface area contributed by atoms with Crippen LogP contribution in [-0.4, -0.2) is 19.4 Å². The molecule has 26 heavy (non-hydrogen) atoms. The van der Waals surface area contributed by atoms with Gasteiger partial charge in [-0.15, -0.1) is 0 Å². The van der Waals surface area contributed by atoms with Gasteiger partial charge in [0.05, 0.1) is 0 Å². The Bertz CT molecular complexity index is 725. The molecular weight excluding hydrogens is 459 g/mol. The standard InChI is InChI=1S/C20H24IN2O2S/c1-15(9-10-23-14-22)19(24)8-4-7-18-12-21-13-20(26-18)16-5-3-6-17(11-16)25-2/h3,5-6,11-13,15,23H,4,7-10H2,1-2H3/q-1/t15-/m1/s1. The van der Waals surface area contributed by atoms with Gasteiger partial charge < -0.3 is 0 Å². The zero-order valence-electron chi connectivity index (χ0n) is 15.1. The summed E-state index contributed by atoms with van der Waals surface area (Å²) >= 11 is 1.75. The van der Waals surface area contributed by atoms with Gasteiger partial charge in [-0.1, -0.05) is 0 Å². The molecule has 0 aliphatic carbocycles. The van der Waals surface area contributed by atoms with E-state index in [0.717, 1.165) is 25.0 Å². The van der Waals surface area contributed by atoms with Crippen LogP contribution in [0.4, 0.5) is 0 Å². The Kier molecular flexibility index (Phi) is 9.06. The molecule has 1 heterocycles. The van der Waals surface area contributed by atoms with E-state index in [1.165, 1.54) is 15.4 Å². The number of ether oxygens (including phenoxy) is 1. The first-order valence-corrected chi connectivity index (χ1v) is 11.9. The number of hydrogen-bond acceptors (Lipinski definition) is 5. The molecule has 0 radical (unpaired) electrons. The molecule has 0 bridgehead atoms. The van der Waals surface area contributed by atoms with Crippen LogP contribution in [-0.2, 0) is 4.79 Å². The monoisotopic (exact) mass is 483 g/mol. The van der Waals surface area contributed by atoms with E-state index >= 15 is 0 Å². The zero-order chi connectivity index (χ0) is 18.8. The second-order valence-corrected chi connectivity index (χ2v) is 9.19. The van der Waals surface area contributed by atoms with Gasteiger partial charge in [0.25, 0.3) is 0 Å². The molecule has 1 atom stereocenters. The number of rotatable bonds is 10. The fraction of sp³-hybridized carbons (Fsp3) is 0.400. The number of benzene rings is 1. The van der Waals surface area contributed by atoms with E-state index in [4.69, 9.17) is 10.00 Å². The summed E-state index contributed by atoms with van der Waals surface area (Å²) in [4.78, 5) is 14.9. The van der Waals surface area contributed by atoms with E-state index in [-0.39, 0.29) is 27.1 Å². The van der Waals surface area contributed by atoms with E-state index in [9.17, 15) is 4.79 Å². The fourth-order valence-electron chi connectivity index (χ4n) is 2.54. The number of halogens is 1. The van der Waals surface area contributed by atoms with Crippen LogP contribution >= 0.6 is 11.8 Å². The third-order valence-corrected chi connectivity index (χ3v) is 8.22. The predicted molar refractivity (Wildman–Crippen MR) is 103 cm³/mol. The Morgan fingerprint density at radius 2 is 2.27 bits per heavy atom. The number of carbonyl (C=O) groups is 1. The summed E-state index contributed by atoms with van der Waals surface area (Å²) < 4.78 is 10.0. The zero-order valence-corrected chi connectivity index (χ0v) is 18.1. The molecule has 1 N–H and O–H groups in total. The van der Waals surface area contributed by atoms with Crippen molar-refractivity contribution in [1.29, 1.82) is 5.26 Å². The molecule has 0 spiro atoms. The molecule has 140 valence electrons. The first-order valence-electron chi connectivity index (χ1n) is 8.62. The van der Waals surface area contributed by atoms with Crippen molar-refractivity contribution >= 4 is 22.5 Å².